The van der Waals surface area contributed by atoms with E-state index >= 15 is 0 Å². The lowest BCUT2D eigenvalue weighted by Crippen LogP contribution is -2.20. The van der Waals surface area contributed by atoms with Gasteiger partial charge in [-0.1, -0.05) is 200 Å². The summed E-state index contributed by atoms with van der Waals surface area (Å²) in [4.78, 5) is 0. The van der Waals surface area contributed by atoms with Gasteiger partial charge < -0.3 is 4.57 Å². The fourth-order valence-corrected chi connectivity index (χ4v) is 10.2. The van der Waals surface area contributed by atoms with Gasteiger partial charge in [-0.2, -0.15) is 0 Å². The van der Waals surface area contributed by atoms with Crippen LogP contribution in [0, 0.1) is 0 Å². The van der Waals surface area contributed by atoms with E-state index in [2.05, 4.69) is 235 Å². The molecule has 0 saturated heterocycles. The highest BCUT2D eigenvalue weighted by molar-refractivity contribution is 7.79. The van der Waals surface area contributed by atoms with Crippen molar-refractivity contribution < 1.29 is 0 Å². The zero-order valence-corrected chi connectivity index (χ0v) is 31.7. The average Bonchev–Trinajstić information content (AvgIpc) is 3.62. The van der Waals surface area contributed by atoms with E-state index in [1.807, 2.05) is 0 Å². The van der Waals surface area contributed by atoms with Crippen LogP contribution in [0.25, 0.3) is 72.0 Å². The monoisotopic (exact) mass is 731 g/mol. The van der Waals surface area contributed by atoms with Gasteiger partial charge in [-0.25, -0.2) is 0 Å². The van der Waals surface area contributed by atoms with Gasteiger partial charge in [0.2, 0.25) is 0 Å². The lowest BCUT2D eigenvalue weighted by Gasteiger charge is -2.21. The molecular weight excluding hydrogens is 694 g/mol. The molecule has 0 unspecified atom stereocenters. The van der Waals surface area contributed by atoms with Crippen molar-refractivity contribution in [3.8, 4) is 50.2 Å². The molecule has 264 valence electrons. The van der Waals surface area contributed by atoms with Crippen LogP contribution in [0.4, 0.5) is 0 Å². The van der Waals surface area contributed by atoms with Crippen LogP contribution in [0.2, 0.25) is 0 Å². The lowest BCUT2D eigenvalue weighted by atomic mass is 10.0. The Morgan fingerprint density at radius 2 is 0.625 bits per heavy atom. The third-order valence-corrected chi connectivity index (χ3v) is 13.3. The maximum Gasteiger partial charge on any atom is 0.0541 e. The molecule has 0 amide bonds. The minimum absolute atomic E-state index is 0.789. The van der Waals surface area contributed by atoms with Gasteiger partial charge in [0.15, 0.2) is 0 Å². The second kappa shape index (κ2) is 14.8. The smallest absolute Gasteiger partial charge is 0.0541 e. The molecule has 1 heterocycles. The predicted octanol–water partition coefficient (Wildman–Crippen LogP) is 13.2. The van der Waals surface area contributed by atoms with Crippen LogP contribution >= 0.6 is 7.92 Å². The Kier molecular flexibility index (Phi) is 8.92. The summed E-state index contributed by atoms with van der Waals surface area (Å²) in [7, 11) is -0.789. The quantitative estimate of drug-likeness (QED) is 0.137. The SMILES string of the molecule is c1ccc(-c2ccc(P(c3ccc(-c4ccccc4)cc3)c3ccc(-c4cccc(-n5c6ccccc6c6cc(-c7ccccc7)ccc65)c4)cc3)cc2)cc1. The molecule has 1 aromatic heterocycles. The predicted molar refractivity (Wildman–Crippen MR) is 241 cm³/mol. The first-order valence-electron chi connectivity index (χ1n) is 19.2. The number of benzene rings is 9. The Hall–Kier alpha value is -6.79. The normalized spacial score (nSPS) is 11.4. The topological polar surface area (TPSA) is 4.93 Å². The molecule has 0 radical (unpaired) electrons. The van der Waals surface area contributed by atoms with E-state index in [1.165, 1.54) is 82.2 Å². The van der Waals surface area contributed by atoms with E-state index in [1.54, 1.807) is 0 Å². The zero-order valence-electron chi connectivity index (χ0n) is 30.8. The van der Waals surface area contributed by atoms with Crippen molar-refractivity contribution in [1.29, 1.82) is 0 Å². The second-order valence-corrected chi connectivity index (χ2v) is 16.4. The number of aromatic nitrogens is 1. The van der Waals surface area contributed by atoms with Crippen molar-refractivity contribution in [2.24, 2.45) is 0 Å². The average molecular weight is 732 g/mol. The molecule has 10 aromatic rings. The summed E-state index contributed by atoms with van der Waals surface area (Å²) < 4.78 is 2.41. The fourth-order valence-electron chi connectivity index (χ4n) is 8.00. The number of hydrogen-bond donors (Lipinski definition) is 0. The summed E-state index contributed by atoms with van der Waals surface area (Å²) in [5.41, 5.74) is 13.4. The molecule has 10 rings (SSSR count). The number of nitrogens with zero attached hydrogens (tertiary/aromatic N) is 1. The number of rotatable bonds is 8. The van der Waals surface area contributed by atoms with E-state index in [4.69, 9.17) is 0 Å². The van der Waals surface area contributed by atoms with Gasteiger partial charge in [-0.15, -0.1) is 0 Å². The maximum absolute atomic E-state index is 2.41. The Morgan fingerprint density at radius 3 is 1.16 bits per heavy atom. The van der Waals surface area contributed by atoms with E-state index in [9.17, 15) is 0 Å². The highest BCUT2D eigenvalue weighted by Crippen LogP contribution is 2.38. The standard InChI is InChI=1S/C54H38NP/c1-4-13-39(14-5-1)42-23-30-48(31-24-42)56(49-32-25-43(26-33-49)40-15-6-2-7-16-40)50-34-27-44(28-35-50)45-19-12-20-47(37-45)55-53-22-11-10-21-51(53)52-38-46(29-36-54(52)55)41-17-8-3-9-18-41/h1-38H. The molecule has 0 atom stereocenters. The van der Waals surface area contributed by atoms with Crippen molar-refractivity contribution in [1.82, 2.24) is 4.57 Å². The first-order chi connectivity index (χ1) is 27.8. The molecule has 0 spiro atoms. The largest absolute Gasteiger partial charge is 0.309 e. The van der Waals surface area contributed by atoms with Crippen molar-refractivity contribution in [2.75, 3.05) is 0 Å². The first-order valence-corrected chi connectivity index (χ1v) is 20.5. The van der Waals surface area contributed by atoms with Crippen molar-refractivity contribution in [2.45, 2.75) is 0 Å². The molecule has 0 N–H and O–H groups in total. The van der Waals surface area contributed by atoms with Crippen LogP contribution in [0.5, 0.6) is 0 Å². The Morgan fingerprint density at radius 1 is 0.250 bits per heavy atom. The number of fused-ring (bicyclic) bond motifs is 3. The van der Waals surface area contributed by atoms with Gasteiger partial charge in [0, 0.05) is 16.5 Å². The number of hydrogen-bond acceptors (Lipinski definition) is 0. The summed E-state index contributed by atoms with van der Waals surface area (Å²) >= 11 is 0. The van der Waals surface area contributed by atoms with Gasteiger partial charge in [0.1, 0.15) is 0 Å². The lowest BCUT2D eigenvalue weighted by molar-refractivity contribution is 1.18. The molecule has 56 heavy (non-hydrogen) atoms. The van der Waals surface area contributed by atoms with Crippen LogP contribution in [0.15, 0.2) is 231 Å². The Bertz CT molecular complexity index is 2830. The van der Waals surface area contributed by atoms with Gasteiger partial charge >= 0.3 is 0 Å². The second-order valence-electron chi connectivity index (χ2n) is 14.2. The zero-order chi connectivity index (χ0) is 37.3. The molecule has 1 nitrogen and oxygen atoms in total. The van der Waals surface area contributed by atoms with Gasteiger partial charge in [0.05, 0.1) is 11.0 Å². The summed E-state index contributed by atoms with van der Waals surface area (Å²) in [5.74, 6) is 0. The molecule has 0 bridgehead atoms. The molecule has 0 saturated carbocycles. The van der Waals surface area contributed by atoms with Crippen LogP contribution in [0.3, 0.4) is 0 Å². The first kappa shape index (κ1) is 33.8. The molecular formula is C54H38NP. The molecule has 0 aliphatic carbocycles. The van der Waals surface area contributed by atoms with Crippen molar-refractivity contribution in [3.05, 3.63) is 231 Å². The minimum atomic E-state index is -0.789. The van der Waals surface area contributed by atoms with Crippen LogP contribution < -0.4 is 15.9 Å². The molecule has 2 heteroatoms. The van der Waals surface area contributed by atoms with Crippen LogP contribution in [-0.4, -0.2) is 4.57 Å². The van der Waals surface area contributed by atoms with Gasteiger partial charge in [-0.05, 0) is 98.7 Å². The van der Waals surface area contributed by atoms with Crippen molar-refractivity contribution in [3.63, 3.8) is 0 Å². The molecule has 9 aromatic carbocycles. The summed E-state index contributed by atoms with van der Waals surface area (Å²) in [6, 6.07) is 84.2. The van der Waals surface area contributed by atoms with E-state index < -0.39 is 7.92 Å². The van der Waals surface area contributed by atoms with Crippen molar-refractivity contribution >= 4 is 45.6 Å². The van der Waals surface area contributed by atoms with Crippen LogP contribution in [-0.2, 0) is 0 Å². The third-order valence-electron chi connectivity index (χ3n) is 10.8. The van der Waals surface area contributed by atoms with Crippen LogP contribution in [0.1, 0.15) is 0 Å². The fraction of sp³-hybridized carbons (Fsp3) is 0. The molecule has 0 aliphatic heterocycles. The molecule has 0 fully saturated rings. The molecule has 0 aliphatic rings. The highest BCUT2D eigenvalue weighted by Gasteiger charge is 2.18. The third kappa shape index (κ3) is 6.43. The van der Waals surface area contributed by atoms with E-state index in [0.717, 1.165) is 5.69 Å². The minimum Gasteiger partial charge on any atom is -0.309 e. The van der Waals surface area contributed by atoms with Gasteiger partial charge in [-0.3, -0.25) is 0 Å². The summed E-state index contributed by atoms with van der Waals surface area (Å²) in [6.07, 6.45) is 0. The number of para-hydroxylation sites is 1. The Labute approximate surface area is 329 Å². The van der Waals surface area contributed by atoms with Gasteiger partial charge in [0.25, 0.3) is 0 Å². The Balaban J connectivity index is 1.02. The summed E-state index contributed by atoms with van der Waals surface area (Å²) in [5, 5.41) is 6.53. The summed E-state index contributed by atoms with van der Waals surface area (Å²) in [6.45, 7) is 0. The van der Waals surface area contributed by atoms with E-state index in [0.29, 0.717) is 0 Å². The highest BCUT2D eigenvalue weighted by atomic mass is 31.1. The maximum atomic E-state index is 2.41. The van der Waals surface area contributed by atoms with E-state index in [-0.39, 0.29) is 0 Å².